The van der Waals surface area contributed by atoms with Crippen LogP contribution in [0.15, 0.2) is 0 Å². The van der Waals surface area contributed by atoms with Crippen LogP contribution in [0.1, 0.15) is 32.1 Å². The van der Waals surface area contributed by atoms with Crippen molar-refractivity contribution >= 4 is 18.3 Å². The molecule has 2 saturated carbocycles. The summed E-state index contributed by atoms with van der Waals surface area (Å²) in [5, 5.41) is 6.25. The Balaban J connectivity index is 0.00000162. The zero-order valence-electron chi connectivity index (χ0n) is 11.2. The third-order valence-electron chi connectivity index (χ3n) is 4.19. The summed E-state index contributed by atoms with van der Waals surface area (Å²) in [5.41, 5.74) is 0.424. The van der Waals surface area contributed by atoms with Crippen molar-refractivity contribution in [2.24, 2.45) is 11.3 Å². The van der Waals surface area contributed by atoms with E-state index in [-0.39, 0.29) is 18.3 Å². The van der Waals surface area contributed by atoms with Gasteiger partial charge in [-0.1, -0.05) is 12.8 Å². The smallest absolute Gasteiger partial charge is 0.223 e. The van der Waals surface area contributed by atoms with Gasteiger partial charge in [0, 0.05) is 32.7 Å². The number of methoxy groups -OCH3 is 1. The van der Waals surface area contributed by atoms with Crippen LogP contribution in [0.2, 0.25) is 0 Å². The molecule has 0 aromatic carbocycles. The first-order valence-corrected chi connectivity index (χ1v) is 6.76. The summed E-state index contributed by atoms with van der Waals surface area (Å²) in [4.78, 5) is 11.9. The summed E-state index contributed by atoms with van der Waals surface area (Å²) in [6.07, 6.45) is 6.33. The maximum Gasteiger partial charge on any atom is 0.223 e. The number of rotatable bonds is 7. The normalized spacial score (nSPS) is 23.7. The molecule has 1 atom stereocenters. The number of amides is 1. The van der Waals surface area contributed by atoms with Gasteiger partial charge in [-0.15, -0.1) is 12.4 Å². The number of halogens is 1. The van der Waals surface area contributed by atoms with Crippen molar-refractivity contribution in [2.75, 3.05) is 33.4 Å². The highest BCUT2D eigenvalue weighted by Crippen LogP contribution is 2.62. The van der Waals surface area contributed by atoms with Crippen molar-refractivity contribution in [3.8, 4) is 0 Å². The van der Waals surface area contributed by atoms with Crippen LogP contribution in [0, 0.1) is 11.3 Å². The minimum atomic E-state index is 0. The fraction of sp³-hybridized carbons (Fsp3) is 0.923. The van der Waals surface area contributed by atoms with E-state index in [0.29, 0.717) is 11.3 Å². The number of hydrogen-bond donors (Lipinski definition) is 2. The van der Waals surface area contributed by atoms with E-state index in [1.807, 2.05) is 0 Å². The largest absolute Gasteiger partial charge is 0.383 e. The van der Waals surface area contributed by atoms with Gasteiger partial charge in [0.1, 0.15) is 0 Å². The molecular weight excluding hydrogens is 252 g/mol. The molecule has 0 saturated heterocycles. The van der Waals surface area contributed by atoms with E-state index in [1.165, 1.54) is 25.7 Å². The van der Waals surface area contributed by atoms with Crippen LogP contribution in [0.3, 0.4) is 0 Å². The lowest BCUT2D eigenvalue weighted by atomic mass is 10.0. The fourth-order valence-corrected chi connectivity index (χ4v) is 3.05. The molecule has 0 aromatic heterocycles. The zero-order chi connectivity index (χ0) is 12.1. The van der Waals surface area contributed by atoms with Gasteiger partial charge in [-0.3, -0.25) is 4.79 Å². The Morgan fingerprint density at radius 3 is 2.67 bits per heavy atom. The van der Waals surface area contributed by atoms with Gasteiger partial charge in [0.15, 0.2) is 0 Å². The summed E-state index contributed by atoms with van der Waals surface area (Å²) in [6.45, 7) is 3.13. The molecule has 2 fully saturated rings. The Hall–Kier alpha value is -0.320. The second kappa shape index (κ2) is 7.31. The van der Waals surface area contributed by atoms with Crippen molar-refractivity contribution in [3.63, 3.8) is 0 Å². The molecule has 0 aliphatic heterocycles. The standard InChI is InChI=1S/C13H24N2O2.ClH/c1-17-9-8-14-6-7-15-12(16)11-10-13(11)4-2-3-5-13;/h11,14H,2-10H2,1H3,(H,15,16);1H. The van der Waals surface area contributed by atoms with Gasteiger partial charge in [-0.05, 0) is 24.7 Å². The lowest BCUT2D eigenvalue weighted by Gasteiger charge is -2.09. The quantitative estimate of drug-likeness (QED) is 0.690. The zero-order valence-corrected chi connectivity index (χ0v) is 12.0. The van der Waals surface area contributed by atoms with Crippen LogP contribution in [0.25, 0.3) is 0 Å². The summed E-state index contributed by atoms with van der Waals surface area (Å²) in [7, 11) is 1.69. The molecule has 2 aliphatic carbocycles. The second-order valence-corrected chi connectivity index (χ2v) is 5.36. The molecule has 0 bridgehead atoms. The Labute approximate surface area is 116 Å². The van der Waals surface area contributed by atoms with E-state index in [0.717, 1.165) is 32.7 Å². The molecule has 2 rings (SSSR count). The molecule has 1 amide bonds. The number of nitrogens with one attached hydrogen (secondary N) is 2. The molecule has 2 N–H and O–H groups in total. The number of carbonyl (C=O) groups excluding carboxylic acids is 1. The van der Waals surface area contributed by atoms with Crippen LogP contribution < -0.4 is 10.6 Å². The van der Waals surface area contributed by atoms with Crippen molar-refractivity contribution < 1.29 is 9.53 Å². The van der Waals surface area contributed by atoms with Gasteiger partial charge in [0.25, 0.3) is 0 Å². The van der Waals surface area contributed by atoms with Gasteiger partial charge in [-0.25, -0.2) is 0 Å². The van der Waals surface area contributed by atoms with Gasteiger partial charge in [0.2, 0.25) is 5.91 Å². The summed E-state index contributed by atoms with van der Waals surface area (Å²) in [5.74, 6) is 0.601. The van der Waals surface area contributed by atoms with Gasteiger partial charge in [-0.2, -0.15) is 0 Å². The molecule has 5 heteroatoms. The maximum atomic E-state index is 11.9. The third-order valence-corrected chi connectivity index (χ3v) is 4.19. The Kier molecular flexibility index (Phi) is 6.39. The minimum Gasteiger partial charge on any atom is -0.383 e. The molecule has 0 heterocycles. The van der Waals surface area contributed by atoms with E-state index >= 15 is 0 Å². The number of ether oxygens (including phenoxy) is 1. The Morgan fingerprint density at radius 1 is 1.28 bits per heavy atom. The number of carbonyl (C=O) groups is 1. The van der Waals surface area contributed by atoms with Crippen molar-refractivity contribution in [1.82, 2.24) is 10.6 Å². The first kappa shape index (κ1) is 15.7. The van der Waals surface area contributed by atoms with E-state index < -0.39 is 0 Å². The van der Waals surface area contributed by atoms with Crippen molar-refractivity contribution in [2.45, 2.75) is 32.1 Å². The molecule has 18 heavy (non-hydrogen) atoms. The number of hydrogen-bond acceptors (Lipinski definition) is 3. The van der Waals surface area contributed by atoms with E-state index in [1.54, 1.807) is 7.11 Å². The lowest BCUT2D eigenvalue weighted by molar-refractivity contribution is -0.123. The predicted molar refractivity (Wildman–Crippen MR) is 74.0 cm³/mol. The van der Waals surface area contributed by atoms with Crippen LogP contribution in [0.5, 0.6) is 0 Å². The van der Waals surface area contributed by atoms with Crippen LogP contribution >= 0.6 is 12.4 Å². The minimum absolute atomic E-state index is 0. The summed E-state index contributed by atoms with van der Waals surface area (Å²) in [6, 6.07) is 0. The van der Waals surface area contributed by atoms with Gasteiger partial charge in [0.05, 0.1) is 6.61 Å². The Morgan fingerprint density at radius 2 is 2.00 bits per heavy atom. The molecule has 1 unspecified atom stereocenters. The third kappa shape index (κ3) is 3.84. The summed E-state index contributed by atoms with van der Waals surface area (Å²) < 4.78 is 4.93. The van der Waals surface area contributed by atoms with Crippen molar-refractivity contribution in [1.29, 1.82) is 0 Å². The molecular formula is C13H25ClN2O2. The average Bonchev–Trinajstić information content (AvgIpc) is 2.82. The topological polar surface area (TPSA) is 50.4 Å². The van der Waals surface area contributed by atoms with Crippen LogP contribution in [-0.4, -0.2) is 39.3 Å². The predicted octanol–water partition coefficient (Wildman–Crippen LogP) is 1.34. The highest BCUT2D eigenvalue weighted by molar-refractivity contribution is 5.85. The summed E-state index contributed by atoms with van der Waals surface area (Å²) >= 11 is 0. The van der Waals surface area contributed by atoms with E-state index in [2.05, 4.69) is 10.6 Å². The molecule has 1 spiro atoms. The van der Waals surface area contributed by atoms with Crippen molar-refractivity contribution in [3.05, 3.63) is 0 Å². The fourth-order valence-electron chi connectivity index (χ4n) is 3.05. The average molecular weight is 277 g/mol. The Bertz CT molecular complexity index is 268. The lowest BCUT2D eigenvalue weighted by Crippen LogP contribution is -2.34. The van der Waals surface area contributed by atoms with E-state index in [4.69, 9.17) is 4.74 Å². The first-order chi connectivity index (χ1) is 8.28. The second-order valence-electron chi connectivity index (χ2n) is 5.36. The highest BCUT2D eigenvalue weighted by atomic mass is 35.5. The SMILES string of the molecule is COCCNCCNC(=O)C1CC12CCCC2.Cl. The molecule has 2 aliphatic rings. The van der Waals surface area contributed by atoms with E-state index in [9.17, 15) is 4.79 Å². The first-order valence-electron chi connectivity index (χ1n) is 6.76. The van der Waals surface area contributed by atoms with Gasteiger partial charge >= 0.3 is 0 Å². The monoisotopic (exact) mass is 276 g/mol. The molecule has 106 valence electrons. The maximum absolute atomic E-state index is 11.9. The molecule has 4 nitrogen and oxygen atoms in total. The highest BCUT2D eigenvalue weighted by Gasteiger charge is 2.58. The molecule has 0 radical (unpaired) electrons. The van der Waals surface area contributed by atoms with Crippen LogP contribution in [-0.2, 0) is 9.53 Å². The van der Waals surface area contributed by atoms with Gasteiger partial charge < -0.3 is 15.4 Å². The molecule has 0 aromatic rings. The van der Waals surface area contributed by atoms with Crippen LogP contribution in [0.4, 0.5) is 0 Å².